The summed E-state index contributed by atoms with van der Waals surface area (Å²) in [6.45, 7) is 2.02. The van der Waals surface area contributed by atoms with Gasteiger partial charge in [-0.1, -0.05) is 38.0 Å². The van der Waals surface area contributed by atoms with Gasteiger partial charge in [0.05, 0.1) is 0 Å². The van der Waals surface area contributed by atoms with E-state index >= 15 is 0 Å². The molecule has 16 heavy (non-hydrogen) atoms. The van der Waals surface area contributed by atoms with Crippen LogP contribution >= 0.6 is 0 Å². The van der Waals surface area contributed by atoms with Crippen LogP contribution in [0.25, 0.3) is 0 Å². The van der Waals surface area contributed by atoms with Crippen LogP contribution in [0.3, 0.4) is 0 Å². The molecule has 1 saturated carbocycles. The van der Waals surface area contributed by atoms with Crippen LogP contribution in [0.15, 0.2) is 24.3 Å². The van der Waals surface area contributed by atoms with Crippen molar-refractivity contribution in [2.45, 2.75) is 39.0 Å². The number of rotatable bonds is 3. The molecule has 0 saturated heterocycles. The van der Waals surface area contributed by atoms with Crippen LogP contribution in [-0.2, 0) is 11.2 Å². The summed E-state index contributed by atoms with van der Waals surface area (Å²) >= 11 is 0. The lowest BCUT2D eigenvalue weighted by Gasteiger charge is -2.21. The molecule has 0 aromatic heterocycles. The minimum Gasteiger partial charge on any atom is -0.299 e. The third kappa shape index (κ3) is 2.16. The highest BCUT2D eigenvalue weighted by Gasteiger charge is 2.35. The molecule has 86 valence electrons. The Bertz CT molecular complexity index is 391. The van der Waals surface area contributed by atoms with E-state index in [0.29, 0.717) is 5.56 Å². The fourth-order valence-corrected chi connectivity index (χ4v) is 2.46. The van der Waals surface area contributed by atoms with Gasteiger partial charge in [-0.2, -0.15) is 0 Å². The lowest BCUT2D eigenvalue weighted by molar-refractivity contribution is -0.127. The number of hydrogen-bond acceptors (Lipinski definition) is 1. The van der Waals surface area contributed by atoms with Gasteiger partial charge in [-0.15, -0.1) is 0 Å². The van der Waals surface area contributed by atoms with Crippen molar-refractivity contribution < 1.29 is 9.18 Å². The van der Waals surface area contributed by atoms with E-state index in [1.807, 2.05) is 6.92 Å². The topological polar surface area (TPSA) is 17.1 Å². The Morgan fingerprint density at radius 2 is 1.94 bits per heavy atom. The molecule has 1 aromatic carbocycles. The van der Waals surface area contributed by atoms with Gasteiger partial charge in [0.25, 0.3) is 0 Å². The van der Waals surface area contributed by atoms with E-state index in [2.05, 4.69) is 0 Å². The number of carbonyl (C=O) groups is 1. The lowest BCUT2D eigenvalue weighted by Crippen LogP contribution is -2.26. The Kier molecular flexibility index (Phi) is 3.08. The Morgan fingerprint density at radius 3 is 2.56 bits per heavy atom. The molecular formula is C14H17FO. The number of benzene rings is 1. The molecule has 1 aliphatic rings. The highest BCUT2D eigenvalue weighted by Crippen LogP contribution is 2.39. The maximum atomic E-state index is 13.4. The van der Waals surface area contributed by atoms with E-state index in [9.17, 15) is 9.18 Å². The van der Waals surface area contributed by atoms with E-state index in [4.69, 9.17) is 0 Å². The molecule has 1 fully saturated rings. The number of carbonyl (C=O) groups excluding carboxylic acids is 1. The van der Waals surface area contributed by atoms with E-state index in [1.54, 1.807) is 18.2 Å². The zero-order chi connectivity index (χ0) is 11.6. The summed E-state index contributed by atoms with van der Waals surface area (Å²) in [6.07, 6.45) is 4.41. The van der Waals surface area contributed by atoms with Gasteiger partial charge in [-0.05, 0) is 24.5 Å². The Morgan fingerprint density at radius 1 is 1.31 bits per heavy atom. The molecule has 1 nitrogen and oxygen atoms in total. The minimum atomic E-state index is -0.266. The molecule has 0 aliphatic heterocycles. The number of hydrogen-bond donors (Lipinski definition) is 0. The van der Waals surface area contributed by atoms with Crippen LogP contribution in [0.4, 0.5) is 4.39 Å². The molecule has 1 aliphatic carbocycles. The highest BCUT2D eigenvalue weighted by atomic mass is 19.1. The summed E-state index contributed by atoms with van der Waals surface area (Å²) in [5.74, 6) is -0.0763. The standard InChI is InChI=1S/C14H17FO/c1-14(8-4-5-9-14)13(16)10-11-6-2-3-7-12(11)15/h2-3,6-7H,4-5,8-10H2,1H3. The second-order valence-corrected chi connectivity index (χ2v) is 4.96. The zero-order valence-corrected chi connectivity index (χ0v) is 9.63. The van der Waals surface area contributed by atoms with Gasteiger partial charge < -0.3 is 0 Å². The first-order valence-corrected chi connectivity index (χ1v) is 5.88. The van der Waals surface area contributed by atoms with Gasteiger partial charge >= 0.3 is 0 Å². The molecule has 0 bridgehead atoms. The highest BCUT2D eigenvalue weighted by molar-refractivity contribution is 5.86. The molecule has 0 N–H and O–H groups in total. The molecule has 2 rings (SSSR count). The number of halogens is 1. The fraction of sp³-hybridized carbons (Fsp3) is 0.500. The summed E-state index contributed by atoms with van der Waals surface area (Å²) in [5, 5.41) is 0. The molecule has 2 heteroatoms. The molecule has 0 radical (unpaired) electrons. The minimum absolute atomic E-state index is 0.190. The van der Waals surface area contributed by atoms with Crippen LogP contribution in [0.5, 0.6) is 0 Å². The van der Waals surface area contributed by atoms with E-state index < -0.39 is 0 Å². The first kappa shape index (κ1) is 11.3. The van der Waals surface area contributed by atoms with Crippen LogP contribution in [0, 0.1) is 11.2 Å². The maximum Gasteiger partial charge on any atom is 0.143 e. The predicted molar refractivity (Wildman–Crippen MR) is 61.7 cm³/mol. The summed E-state index contributed by atoms with van der Waals surface area (Å²) in [6, 6.07) is 6.55. The van der Waals surface area contributed by atoms with Crippen LogP contribution in [0.1, 0.15) is 38.2 Å². The summed E-state index contributed by atoms with van der Waals surface area (Å²) in [7, 11) is 0. The number of Topliss-reactive ketones (excluding diaryl/α,β-unsaturated/α-hetero) is 1. The molecule has 0 atom stereocenters. The van der Waals surface area contributed by atoms with Crippen LogP contribution in [0.2, 0.25) is 0 Å². The van der Waals surface area contributed by atoms with Crippen molar-refractivity contribution in [3.63, 3.8) is 0 Å². The van der Waals surface area contributed by atoms with Gasteiger partial charge in [0.1, 0.15) is 11.6 Å². The van der Waals surface area contributed by atoms with Gasteiger partial charge in [0.15, 0.2) is 0 Å². The van der Waals surface area contributed by atoms with Gasteiger partial charge in [0, 0.05) is 11.8 Å². The van der Waals surface area contributed by atoms with Gasteiger partial charge in [-0.25, -0.2) is 4.39 Å². The van der Waals surface area contributed by atoms with Crippen LogP contribution < -0.4 is 0 Å². The first-order valence-electron chi connectivity index (χ1n) is 5.88. The van der Waals surface area contributed by atoms with Crippen molar-refractivity contribution in [3.8, 4) is 0 Å². The Labute approximate surface area is 95.7 Å². The lowest BCUT2D eigenvalue weighted by atomic mass is 9.81. The molecule has 1 aromatic rings. The number of ketones is 1. The van der Waals surface area contributed by atoms with Crippen molar-refractivity contribution in [2.24, 2.45) is 5.41 Å². The predicted octanol–water partition coefficient (Wildman–Crippen LogP) is 3.52. The zero-order valence-electron chi connectivity index (χ0n) is 9.63. The van der Waals surface area contributed by atoms with E-state index in [-0.39, 0.29) is 23.4 Å². The Balaban J connectivity index is 2.10. The second-order valence-electron chi connectivity index (χ2n) is 4.96. The van der Waals surface area contributed by atoms with Gasteiger partial charge in [-0.3, -0.25) is 4.79 Å². The summed E-state index contributed by atoms with van der Waals surface area (Å²) < 4.78 is 13.4. The van der Waals surface area contributed by atoms with Crippen molar-refractivity contribution >= 4 is 5.78 Å². The fourth-order valence-electron chi connectivity index (χ4n) is 2.46. The second kappa shape index (κ2) is 4.36. The van der Waals surface area contributed by atoms with Crippen molar-refractivity contribution in [3.05, 3.63) is 35.6 Å². The Hall–Kier alpha value is -1.18. The third-order valence-electron chi connectivity index (χ3n) is 3.69. The van der Waals surface area contributed by atoms with E-state index in [0.717, 1.165) is 25.7 Å². The third-order valence-corrected chi connectivity index (χ3v) is 3.69. The SMILES string of the molecule is CC1(C(=O)Cc2ccccc2F)CCCC1. The van der Waals surface area contributed by atoms with E-state index in [1.165, 1.54) is 6.07 Å². The van der Waals surface area contributed by atoms with Gasteiger partial charge in [0.2, 0.25) is 0 Å². The van der Waals surface area contributed by atoms with Crippen molar-refractivity contribution in [2.75, 3.05) is 0 Å². The largest absolute Gasteiger partial charge is 0.299 e. The summed E-state index contributed by atoms with van der Waals surface area (Å²) in [4.78, 5) is 12.1. The molecular weight excluding hydrogens is 203 g/mol. The smallest absolute Gasteiger partial charge is 0.143 e. The average molecular weight is 220 g/mol. The normalized spacial score (nSPS) is 18.6. The molecule has 0 heterocycles. The van der Waals surface area contributed by atoms with Crippen LogP contribution in [-0.4, -0.2) is 5.78 Å². The molecule has 0 amide bonds. The molecule has 0 unspecified atom stereocenters. The summed E-state index contributed by atoms with van der Waals surface area (Å²) in [5.41, 5.74) is 0.322. The van der Waals surface area contributed by atoms with Crippen molar-refractivity contribution in [1.82, 2.24) is 0 Å². The first-order chi connectivity index (χ1) is 7.62. The average Bonchev–Trinajstić information content (AvgIpc) is 2.70. The monoisotopic (exact) mass is 220 g/mol. The molecule has 0 spiro atoms. The maximum absolute atomic E-state index is 13.4. The quantitative estimate of drug-likeness (QED) is 0.761. The van der Waals surface area contributed by atoms with Crippen molar-refractivity contribution in [1.29, 1.82) is 0 Å².